The molecule has 0 aliphatic carbocycles. The van der Waals surface area contributed by atoms with Crippen molar-refractivity contribution in [2.75, 3.05) is 12.2 Å². The normalized spacial score (nSPS) is 14.0. The molecule has 0 saturated heterocycles. The van der Waals surface area contributed by atoms with Crippen molar-refractivity contribution in [3.8, 4) is 0 Å². The van der Waals surface area contributed by atoms with Gasteiger partial charge in [0.15, 0.2) is 0 Å². The third-order valence-electron chi connectivity index (χ3n) is 2.31. The van der Waals surface area contributed by atoms with E-state index in [1.54, 1.807) is 0 Å². The van der Waals surface area contributed by atoms with E-state index in [2.05, 4.69) is 57.8 Å². The van der Waals surface area contributed by atoms with E-state index < -0.39 is 0 Å². The highest BCUT2D eigenvalue weighted by atomic mass is 32.2. The van der Waals surface area contributed by atoms with E-state index in [1.165, 1.54) is 10.4 Å². The van der Waals surface area contributed by atoms with Gasteiger partial charge in [0, 0.05) is 10.4 Å². The smallest absolute Gasteiger partial charge is 0.0186 e. The van der Waals surface area contributed by atoms with E-state index in [0.717, 1.165) is 0 Å². The van der Waals surface area contributed by atoms with Crippen LogP contribution < -0.4 is 0 Å². The second-order valence-corrected chi connectivity index (χ2v) is 8.99. The standard InChI is InChI=1S/C12H19PS/c1-12(2,3)13(4)10-14-11-8-6-5-7-9-11/h5-9H,10H2,1-4H3/t13-/m0/s1. The first-order chi connectivity index (χ1) is 6.50. The highest BCUT2D eigenvalue weighted by Crippen LogP contribution is 2.49. The highest BCUT2D eigenvalue weighted by Gasteiger charge is 2.18. The molecule has 14 heavy (non-hydrogen) atoms. The van der Waals surface area contributed by atoms with Crippen LogP contribution in [0.3, 0.4) is 0 Å². The first-order valence-corrected chi connectivity index (χ1v) is 7.85. The van der Waals surface area contributed by atoms with Crippen molar-refractivity contribution < 1.29 is 0 Å². The van der Waals surface area contributed by atoms with Gasteiger partial charge in [-0.05, 0) is 24.0 Å². The Bertz CT molecular complexity index is 263. The van der Waals surface area contributed by atoms with Gasteiger partial charge in [0.1, 0.15) is 0 Å². The van der Waals surface area contributed by atoms with E-state index in [4.69, 9.17) is 0 Å². The molecule has 0 aliphatic heterocycles. The van der Waals surface area contributed by atoms with Crippen molar-refractivity contribution >= 4 is 19.7 Å². The maximum Gasteiger partial charge on any atom is 0.0186 e. The first kappa shape index (κ1) is 12.1. The summed E-state index contributed by atoms with van der Waals surface area (Å²) in [5.74, 6) is 0. The van der Waals surface area contributed by atoms with Gasteiger partial charge in [-0.25, -0.2) is 0 Å². The monoisotopic (exact) mass is 226 g/mol. The molecule has 2 heteroatoms. The number of rotatable bonds is 3. The van der Waals surface area contributed by atoms with Crippen LogP contribution in [0.5, 0.6) is 0 Å². The second kappa shape index (κ2) is 5.19. The van der Waals surface area contributed by atoms with Gasteiger partial charge >= 0.3 is 0 Å². The quantitative estimate of drug-likeness (QED) is 0.534. The number of hydrogen-bond donors (Lipinski definition) is 0. The van der Waals surface area contributed by atoms with Crippen LogP contribution in [0.1, 0.15) is 20.8 Å². The minimum absolute atomic E-state index is 0.118. The third-order valence-corrected chi connectivity index (χ3v) is 7.27. The fourth-order valence-electron chi connectivity index (χ4n) is 0.882. The van der Waals surface area contributed by atoms with Crippen LogP contribution in [0.15, 0.2) is 35.2 Å². The molecule has 0 radical (unpaired) electrons. The maximum atomic E-state index is 2.39. The lowest BCUT2D eigenvalue weighted by Crippen LogP contribution is -2.11. The van der Waals surface area contributed by atoms with Crippen molar-refractivity contribution in [3.05, 3.63) is 30.3 Å². The van der Waals surface area contributed by atoms with Crippen molar-refractivity contribution in [1.82, 2.24) is 0 Å². The fraction of sp³-hybridized carbons (Fsp3) is 0.500. The Labute approximate surface area is 93.2 Å². The Morgan fingerprint density at radius 1 is 1.14 bits per heavy atom. The lowest BCUT2D eigenvalue weighted by Gasteiger charge is -2.27. The van der Waals surface area contributed by atoms with Gasteiger partial charge in [-0.15, -0.1) is 11.8 Å². The highest BCUT2D eigenvalue weighted by molar-refractivity contribution is 8.05. The molecule has 1 aromatic carbocycles. The van der Waals surface area contributed by atoms with Crippen molar-refractivity contribution in [3.63, 3.8) is 0 Å². The Balaban J connectivity index is 2.42. The Morgan fingerprint density at radius 2 is 1.71 bits per heavy atom. The topological polar surface area (TPSA) is 0 Å². The largest absolute Gasteiger partial charge is 0.121 e. The van der Waals surface area contributed by atoms with Gasteiger partial charge in [0.2, 0.25) is 0 Å². The number of hydrogen-bond acceptors (Lipinski definition) is 1. The molecule has 0 aliphatic rings. The van der Waals surface area contributed by atoms with E-state index in [-0.39, 0.29) is 7.92 Å². The van der Waals surface area contributed by atoms with Crippen molar-refractivity contribution in [1.29, 1.82) is 0 Å². The van der Waals surface area contributed by atoms with Crippen LogP contribution in [-0.2, 0) is 0 Å². The van der Waals surface area contributed by atoms with E-state index in [1.807, 2.05) is 11.8 Å². The molecule has 0 spiro atoms. The van der Waals surface area contributed by atoms with Crippen LogP contribution in [0.4, 0.5) is 0 Å². The average Bonchev–Trinajstić information content (AvgIpc) is 2.14. The summed E-state index contributed by atoms with van der Waals surface area (Å²) in [4.78, 5) is 1.39. The summed E-state index contributed by atoms with van der Waals surface area (Å²) in [5.41, 5.74) is 1.27. The second-order valence-electron chi connectivity index (χ2n) is 4.46. The third kappa shape index (κ3) is 4.02. The van der Waals surface area contributed by atoms with Gasteiger partial charge in [-0.3, -0.25) is 0 Å². The van der Waals surface area contributed by atoms with Crippen molar-refractivity contribution in [2.24, 2.45) is 0 Å². The van der Waals surface area contributed by atoms with Crippen LogP contribution in [0.2, 0.25) is 0 Å². The number of benzene rings is 1. The molecule has 0 heterocycles. The van der Waals surface area contributed by atoms with Gasteiger partial charge in [0.25, 0.3) is 0 Å². The lowest BCUT2D eigenvalue weighted by atomic mass is 10.3. The molecule has 1 atom stereocenters. The van der Waals surface area contributed by atoms with E-state index in [9.17, 15) is 0 Å². The molecule has 1 aromatic rings. The zero-order chi connectivity index (χ0) is 10.6. The fourth-order valence-corrected chi connectivity index (χ4v) is 4.15. The molecule has 0 aromatic heterocycles. The molecule has 1 rings (SSSR count). The molecule has 0 fully saturated rings. The van der Waals surface area contributed by atoms with Crippen LogP contribution >= 0.6 is 19.7 Å². The minimum Gasteiger partial charge on any atom is -0.121 e. The molecule has 0 bridgehead atoms. The predicted octanol–water partition coefficient (Wildman–Crippen LogP) is 4.65. The summed E-state index contributed by atoms with van der Waals surface area (Å²) >= 11 is 1.98. The first-order valence-electron chi connectivity index (χ1n) is 4.89. The minimum atomic E-state index is 0.118. The zero-order valence-electron chi connectivity index (χ0n) is 9.45. The van der Waals surface area contributed by atoms with Crippen LogP contribution in [0, 0.1) is 0 Å². The average molecular weight is 226 g/mol. The van der Waals surface area contributed by atoms with E-state index >= 15 is 0 Å². The van der Waals surface area contributed by atoms with Gasteiger partial charge in [-0.1, -0.05) is 46.9 Å². The molecule has 0 amide bonds. The van der Waals surface area contributed by atoms with E-state index in [0.29, 0.717) is 5.16 Å². The van der Waals surface area contributed by atoms with Gasteiger partial charge in [0.05, 0.1) is 0 Å². The predicted molar refractivity (Wildman–Crippen MR) is 69.8 cm³/mol. The van der Waals surface area contributed by atoms with Gasteiger partial charge < -0.3 is 0 Å². The summed E-state index contributed by atoms with van der Waals surface area (Å²) in [6.07, 6.45) is 0. The molecular formula is C12H19PS. The molecule has 0 unspecified atom stereocenters. The van der Waals surface area contributed by atoms with Gasteiger partial charge in [-0.2, -0.15) is 0 Å². The van der Waals surface area contributed by atoms with Crippen LogP contribution in [0.25, 0.3) is 0 Å². The zero-order valence-corrected chi connectivity index (χ0v) is 11.2. The summed E-state index contributed by atoms with van der Waals surface area (Å²) in [7, 11) is 0.118. The molecule has 0 N–H and O–H groups in total. The SMILES string of the molecule is C[P@@](CSc1ccccc1)C(C)(C)C. The summed E-state index contributed by atoms with van der Waals surface area (Å²) in [6, 6.07) is 10.7. The molecule has 78 valence electrons. The van der Waals surface area contributed by atoms with Crippen molar-refractivity contribution in [2.45, 2.75) is 30.8 Å². The Kier molecular flexibility index (Phi) is 4.47. The maximum absolute atomic E-state index is 2.39. The van der Waals surface area contributed by atoms with Crippen LogP contribution in [-0.4, -0.2) is 17.3 Å². The Morgan fingerprint density at radius 3 is 2.21 bits per heavy atom. The molecule has 0 nitrogen and oxygen atoms in total. The summed E-state index contributed by atoms with van der Waals surface area (Å²) in [5, 5.41) is 0.483. The summed E-state index contributed by atoms with van der Waals surface area (Å²) in [6.45, 7) is 9.41. The Hall–Kier alpha value is 0. The lowest BCUT2D eigenvalue weighted by molar-refractivity contribution is 0.787. The number of thioether (sulfide) groups is 1. The molecular weight excluding hydrogens is 207 g/mol. The summed E-state index contributed by atoms with van der Waals surface area (Å²) < 4.78 is 0. The molecule has 0 saturated carbocycles.